The quantitative estimate of drug-likeness (QED) is 0.773. The van der Waals surface area contributed by atoms with E-state index < -0.39 is 0 Å². The minimum Gasteiger partial charge on any atom is -0.381 e. The van der Waals surface area contributed by atoms with Crippen LogP contribution >= 0.6 is 31.9 Å². The molecular weight excluding hydrogens is 361 g/mol. The Labute approximate surface area is 123 Å². The van der Waals surface area contributed by atoms with Crippen LogP contribution in [0.4, 0.5) is 10.1 Å². The van der Waals surface area contributed by atoms with E-state index in [1.165, 1.54) is 6.07 Å². The Morgan fingerprint density at radius 1 is 1.11 bits per heavy atom. The van der Waals surface area contributed by atoms with Crippen LogP contribution in [0.15, 0.2) is 45.3 Å². The number of halogens is 3. The third-order valence-electron chi connectivity index (χ3n) is 2.73. The first-order chi connectivity index (χ1) is 8.58. The molecule has 0 spiro atoms. The molecule has 0 aromatic heterocycles. The summed E-state index contributed by atoms with van der Waals surface area (Å²) in [5.74, 6) is -0.183. The van der Waals surface area contributed by atoms with Gasteiger partial charge in [-0.1, -0.05) is 12.1 Å². The van der Waals surface area contributed by atoms with Crippen LogP contribution in [0.25, 0.3) is 0 Å². The fourth-order valence-electron chi connectivity index (χ4n) is 1.65. The minimum absolute atomic E-state index is 0.183. The van der Waals surface area contributed by atoms with Gasteiger partial charge >= 0.3 is 0 Å². The zero-order valence-electron chi connectivity index (χ0n) is 9.81. The fourth-order valence-corrected chi connectivity index (χ4v) is 2.32. The second-order valence-corrected chi connectivity index (χ2v) is 5.72. The average molecular weight is 373 g/mol. The van der Waals surface area contributed by atoms with Gasteiger partial charge in [0.15, 0.2) is 0 Å². The van der Waals surface area contributed by atoms with Crippen molar-refractivity contribution in [2.45, 2.75) is 13.5 Å². The fraction of sp³-hybridized carbons (Fsp3) is 0.143. The summed E-state index contributed by atoms with van der Waals surface area (Å²) < 4.78 is 15.4. The Morgan fingerprint density at radius 3 is 2.61 bits per heavy atom. The number of nitrogens with one attached hydrogen (secondary N) is 1. The lowest BCUT2D eigenvalue weighted by molar-refractivity contribution is 0.619. The summed E-state index contributed by atoms with van der Waals surface area (Å²) in [6.45, 7) is 2.44. The van der Waals surface area contributed by atoms with Gasteiger partial charge in [-0.2, -0.15) is 0 Å². The van der Waals surface area contributed by atoms with Crippen LogP contribution in [-0.4, -0.2) is 0 Å². The molecule has 4 heteroatoms. The molecule has 0 heterocycles. The summed E-state index contributed by atoms with van der Waals surface area (Å²) >= 11 is 6.89. The van der Waals surface area contributed by atoms with E-state index in [0.717, 1.165) is 20.2 Å². The first kappa shape index (κ1) is 13.6. The molecule has 2 aromatic rings. The largest absolute Gasteiger partial charge is 0.381 e. The molecule has 2 aromatic carbocycles. The van der Waals surface area contributed by atoms with Gasteiger partial charge in [0.25, 0.3) is 0 Å². The molecule has 94 valence electrons. The van der Waals surface area contributed by atoms with Crippen molar-refractivity contribution in [2.75, 3.05) is 5.32 Å². The molecule has 1 nitrogen and oxygen atoms in total. The SMILES string of the molecule is Cc1c(F)cccc1NCc1ccc(Br)c(Br)c1. The van der Waals surface area contributed by atoms with Crippen molar-refractivity contribution in [1.82, 2.24) is 0 Å². The number of benzene rings is 2. The normalized spacial score (nSPS) is 10.4. The lowest BCUT2D eigenvalue weighted by Crippen LogP contribution is -2.02. The zero-order valence-corrected chi connectivity index (χ0v) is 13.0. The van der Waals surface area contributed by atoms with Gasteiger partial charge in [0.1, 0.15) is 5.82 Å². The molecule has 0 radical (unpaired) electrons. The Balaban J connectivity index is 2.11. The van der Waals surface area contributed by atoms with Crippen molar-refractivity contribution >= 4 is 37.5 Å². The van der Waals surface area contributed by atoms with Gasteiger partial charge in [-0.3, -0.25) is 0 Å². The number of hydrogen-bond acceptors (Lipinski definition) is 1. The first-order valence-corrected chi connectivity index (χ1v) is 7.09. The van der Waals surface area contributed by atoms with E-state index in [4.69, 9.17) is 0 Å². The molecule has 0 unspecified atom stereocenters. The minimum atomic E-state index is -0.183. The van der Waals surface area contributed by atoms with Crippen molar-refractivity contribution in [1.29, 1.82) is 0 Å². The van der Waals surface area contributed by atoms with Crippen LogP contribution in [0.5, 0.6) is 0 Å². The Kier molecular flexibility index (Phi) is 4.40. The molecule has 18 heavy (non-hydrogen) atoms. The summed E-state index contributed by atoms with van der Waals surface area (Å²) in [5, 5.41) is 3.24. The van der Waals surface area contributed by atoms with E-state index in [0.29, 0.717) is 12.1 Å². The van der Waals surface area contributed by atoms with Gasteiger partial charge in [0.2, 0.25) is 0 Å². The number of rotatable bonds is 3. The Morgan fingerprint density at radius 2 is 1.89 bits per heavy atom. The molecule has 0 aliphatic rings. The third-order valence-corrected chi connectivity index (χ3v) is 4.61. The van der Waals surface area contributed by atoms with Crippen LogP contribution in [0.1, 0.15) is 11.1 Å². The van der Waals surface area contributed by atoms with Crippen molar-refractivity contribution in [3.63, 3.8) is 0 Å². The van der Waals surface area contributed by atoms with E-state index in [9.17, 15) is 4.39 Å². The topological polar surface area (TPSA) is 12.0 Å². The van der Waals surface area contributed by atoms with Gasteiger partial charge in [-0.05, 0) is 68.6 Å². The number of anilines is 1. The molecule has 1 N–H and O–H groups in total. The lowest BCUT2D eigenvalue weighted by Gasteiger charge is -2.10. The predicted octanol–water partition coefficient (Wildman–Crippen LogP) is 5.27. The predicted molar refractivity (Wildman–Crippen MR) is 80.3 cm³/mol. The number of hydrogen-bond donors (Lipinski definition) is 1. The molecule has 2 rings (SSSR count). The standard InChI is InChI=1S/C14H12Br2FN/c1-9-13(17)3-2-4-14(9)18-8-10-5-6-11(15)12(16)7-10/h2-7,18H,8H2,1H3. The highest BCUT2D eigenvalue weighted by Gasteiger charge is 2.03. The van der Waals surface area contributed by atoms with E-state index >= 15 is 0 Å². The molecule has 0 fully saturated rings. The second-order valence-electron chi connectivity index (χ2n) is 4.01. The average Bonchev–Trinajstić information content (AvgIpc) is 2.35. The first-order valence-electron chi connectivity index (χ1n) is 5.51. The maximum absolute atomic E-state index is 13.4. The summed E-state index contributed by atoms with van der Waals surface area (Å²) in [6, 6.07) is 11.1. The summed E-state index contributed by atoms with van der Waals surface area (Å²) in [6.07, 6.45) is 0. The van der Waals surface area contributed by atoms with Gasteiger partial charge in [0, 0.05) is 26.7 Å². The van der Waals surface area contributed by atoms with E-state index in [2.05, 4.69) is 37.2 Å². The molecule has 0 amide bonds. The summed E-state index contributed by atoms with van der Waals surface area (Å²) in [7, 11) is 0. The van der Waals surface area contributed by atoms with Gasteiger partial charge < -0.3 is 5.32 Å². The van der Waals surface area contributed by atoms with Crippen LogP contribution in [0.3, 0.4) is 0 Å². The highest BCUT2D eigenvalue weighted by atomic mass is 79.9. The highest BCUT2D eigenvalue weighted by molar-refractivity contribution is 9.13. The van der Waals surface area contributed by atoms with Crippen LogP contribution < -0.4 is 5.32 Å². The Bertz CT molecular complexity index is 570. The van der Waals surface area contributed by atoms with E-state index in [1.54, 1.807) is 13.0 Å². The molecular formula is C14H12Br2FN. The van der Waals surface area contributed by atoms with Crippen LogP contribution in [0, 0.1) is 12.7 Å². The maximum Gasteiger partial charge on any atom is 0.128 e. The van der Waals surface area contributed by atoms with Gasteiger partial charge in [0.05, 0.1) is 0 Å². The van der Waals surface area contributed by atoms with Gasteiger partial charge in [-0.25, -0.2) is 4.39 Å². The van der Waals surface area contributed by atoms with Gasteiger partial charge in [-0.15, -0.1) is 0 Å². The lowest BCUT2D eigenvalue weighted by atomic mass is 10.1. The van der Waals surface area contributed by atoms with Crippen molar-refractivity contribution in [2.24, 2.45) is 0 Å². The van der Waals surface area contributed by atoms with Crippen LogP contribution in [-0.2, 0) is 6.54 Å². The molecule has 0 aliphatic carbocycles. The second kappa shape index (κ2) is 5.85. The molecule has 0 saturated carbocycles. The monoisotopic (exact) mass is 371 g/mol. The van der Waals surface area contributed by atoms with Crippen molar-refractivity contribution in [3.05, 3.63) is 62.3 Å². The summed E-state index contributed by atoms with van der Waals surface area (Å²) in [4.78, 5) is 0. The molecule has 0 atom stereocenters. The molecule has 0 saturated heterocycles. The zero-order chi connectivity index (χ0) is 13.1. The maximum atomic E-state index is 13.4. The highest BCUT2D eigenvalue weighted by Crippen LogP contribution is 2.24. The van der Waals surface area contributed by atoms with Crippen molar-refractivity contribution < 1.29 is 4.39 Å². The smallest absolute Gasteiger partial charge is 0.128 e. The molecule has 0 aliphatic heterocycles. The molecule has 0 bridgehead atoms. The summed E-state index contributed by atoms with van der Waals surface area (Å²) in [5.41, 5.74) is 2.61. The Hall–Kier alpha value is -0.870. The van der Waals surface area contributed by atoms with Crippen LogP contribution in [0.2, 0.25) is 0 Å². The van der Waals surface area contributed by atoms with Crippen molar-refractivity contribution in [3.8, 4) is 0 Å². The van der Waals surface area contributed by atoms with E-state index in [-0.39, 0.29) is 5.82 Å². The van der Waals surface area contributed by atoms with E-state index in [1.807, 2.05) is 24.3 Å². The third kappa shape index (κ3) is 3.12.